The van der Waals surface area contributed by atoms with Gasteiger partial charge in [-0.3, -0.25) is 9.79 Å². The van der Waals surface area contributed by atoms with Crippen LogP contribution in [-0.2, 0) is 4.79 Å². The number of hydrogen-bond donors (Lipinski definition) is 5. The van der Waals surface area contributed by atoms with Crippen molar-refractivity contribution >= 4 is 23.6 Å². The molecule has 0 bridgehead atoms. The first-order valence-electron chi connectivity index (χ1n) is 6.93. The average molecular weight is 300 g/mol. The molecule has 0 aromatic heterocycles. The number of primary amides is 1. The molecule has 1 unspecified atom stereocenters. The van der Waals surface area contributed by atoms with Crippen molar-refractivity contribution in [3.8, 4) is 0 Å². The number of carbonyl (C=O) groups excluding carboxylic acids is 1. The number of hydrogen-bond acceptors (Lipinski definition) is 6. The number of amides is 1. The Hall–Kier alpha value is -2.83. The topological polar surface area (TPSA) is 143 Å². The minimum atomic E-state index is -0.638. The monoisotopic (exact) mass is 300 g/mol. The van der Waals surface area contributed by atoms with E-state index in [9.17, 15) is 4.79 Å². The van der Waals surface area contributed by atoms with E-state index in [0.29, 0.717) is 23.5 Å². The summed E-state index contributed by atoms with van der Waals surface area (Å²) in [5, 5.41) is 10.5. The molecular weight excluding hydrogens is 280 g/mol. The van der Waals surface area contributed by atoms with Crippen molar-refractivity contribution in [3.05, 3.63) is 40.2 Å². The average Bonchev–Trinajstić information content (AvgIpc) is 2.49. The van der Waals surface area contributed by atoms with Crippen LogP contribution in [0.5, 0.6) is 0 Å². The maximum atomic E-state index is 11.6. The van der Waals surface area contributed by atoms with Gasteiger partial charge in [-0.05, 0) is 24.1 Å². The van der Waals surface area contributed by atoms with Gasteiger partial charge in [-0.1, -0.05) is 13.0 Å². The molecule has 0 aliphatic carbocycles. The molecule has 1 atom stereocenters. The van der Waals surface area contributed by atoms with Crippen molar-refractivity contribution < 1.29 is 4.79 Å². The third-order valence-corrected chi connectivity index (χ3v) is 3.68. The lowest BCUT2D eigenvalue weighted by Crippen LogP contribution is -2.38. The van der Waals surface area contributed by atoms with Gasteiger partial charge in [0.25, 0.3) is 5.91 Å². The quantitative estimate of drug-likeness (QED) is 0.411. The van der Waals surface area contributed by atoms with Crippen molar-refractivity contribution in [2.45, 2.75) is 26.3 Å². The summed E-state index contributed by atoms with van der Waals surface area (Å²) in [5.41, 5.74) is 20.5. The lowest BCUT2D eigenvalue weighted by molar-refractivity contribution is -0.114. The number of aryl methyl sites for hydroxylation is 1. The van der Waals surface area contributed by atoms with Crippen LogP contribution in [0.3, 0.4) is 0 Å². The van der Waals surface area contributed by atoms with Gasteiger partial charge in [0.1, 0.15) is 17.6 Å². The Morgan fingerprint density at radius 2 is 2.14 bits per heavy atom. The number of anilines is 1. The van der Waals surface area contributed by atoms with Gasteiger partial charge < -0.3 is 27.9 Å². The minimum Gasteiger partial charge on any atom is -0.398 e. The molecule has 1 heterocycles. The fraction of sp³-hybridized carbons (Fsp3) is 0.267. The third kappa shape index (κ3) is 2.52. The van der Waals surface area contributed by atoms with Crippen LogP contribution in [0.1, 0.15) is 36.1 Å². The number of nitrogen functional groups attached to an aromatic ring is 1. The van der Waals surface area contributed by atoms with Crippen LogP contribution >= 0.6 is 0 Å². The van der Waals surface area contributed by atoms with Crippen molar-refractivity contribution in [3.63, 3.8) is 0 Å². The summed E-state index contributed by atoms with van der Waals surface area (Å²) in [6.07, 6.45) is 1.78. The Morgan fingerprint density at radius 1 is 1.45 bits per heavy atom. The number of nitrogens with two attached hydrogens (primary N) is 3. The summed E-state index contributed by atoms with van der Waals surface area (Å²) >= 11 is 0. The molecular formula is C15H20N6O. The van der Waals surface area contributed by atoms with E-state index < -0.39 is 11.9 Å². The number of rotatable bonds is 4. The van der Waals surface area contributed by atoms with Crippen molar-refractivity contribution in [2.24, 2.45) is 16.5 Å². The van der Waals surface area contributed by atoms with E-state index in [1.165, 1.54) is 6.21 Å². The molecule has 7 nitrogen and oxygen atoms in total. The van der Waals surface area contributed by atoms with E-state index in [2.05, 4.69) is 10.3 Å². The van der Waals surface area contributed by atoms with Gasteiger partial charge in [-0.2, -0.15) is 0 Å². The van der Waals surface area contributed by atoms with Gasteiger partial charge in [0.2, 0.25) is 0 Å². The molecule has 0 saturated carbocycles. The van der Waals surface area contributed by atoms with E-state index in [1.807, 2.05) is 19.9 Å². The Bertz CT molecular complexity index is 704. The lowest BCUT2D eigenvalue weighted by Gasteiger charge is -2.27. The van der Waals surface area contributed by atoms with E-state index >= 15 is 0 Å². The van der Waals surface area contributed by atoms with E-state index in [1.54, 1.807) is 6.07 Å². The van der Waals surface area contributed by atoms with Crippen molar-refractivity contribution in [1.29, 1.82) is 5.41 Å². The molecule has 1 aromatic rings. The smallest absolute Gasteiger partial charge is 0.267 e. The first-order valence-corrected chi connectivity index (χ1v) is 6.93. The van der Waals surface area contributed by atoms with Crippen molar-refractivity contribution in [2.75, 3.05) is 5.73 Å². The van der Waals surface area contributed by atoms with E-state index in [-0.39, 0.29) is 11.4 Å². The highest BCUT2D eigenvalue weighted by Crippen LogP contribution is 2.34. The van der Waals surface area contributed by atoms with Crippen LogP contribution in [0.2, 0.25) is 0 Å². The van der Waals surface area contributed by atoms with Gasteiger partial charge in [-0.25, -0.2) is 0 Å². The summed E-state index contributed by atoms with van der Waals surface area (Å²) < 4.78 is 0. The standard InChI is InChI=1S/C15H20N6O/c1-3-10-20-13(12(18)14(21-10)15(19)22)11-7(2)4-5-9(17)8(11)6-16/h4-6,13,16H,3,17-18H2,1-2H3,(H2,19,22)(H,20,21). The van der Waals surface area contributed by atoms with Crippen LogP contribution in [0, 0.1) is 12.3 Å². The molecule has 116 valence electrons. The zero-order valence-corrected chi connectivity index (χ0v) is 12.6. The Kier molecular flexibility index (Phi) is 4.16. The molecule has 8 N–H and O–H groups in total. The van der Waals surface area contributed by atoms with Crippen LogP contribution in [0.15, 0.2) is 28.5 Å². The normalized spacial score (nSPS) is 17.7. The second kappa shape index (κ2) is 5.88. The second-order valence-electron chi connectivity index (χ2n) is 5.09. The third-order valence-electron chi connectivity index (χ3n) is 3.68. The van der Waals surface area contributed by atoms with Crippen LogP contribution in [0.25, 0.3) is 0 Å². The highest BCUT2D eigenvalue weighted by atomic mass is 16.1. The summed E-state index contributed by atoms with van der Waals surface area (Å²) in [7, 11) is 0. The van der Waals surface area contributed by atoms with Crippen LogP contribution in [-0.4, -0.2) is 18.0 Å². The predicted octanol–water partition coefficient (Wildman–Crippen LogP) is 0.683. The molecule has 0 fully saturated rings. The molecule has 0 saturated heterocycles. The SMILES string of the molecule is CCC1=NC(c2c(C)ccc(N)c2C=N)C(N)=C(C(N)=O)N1. The summed E-state index contributed by atoms with van der Waals surface area (Å²) in [6.45, 7) is 3.80. The van der Waals surface area contributed by atoms with E-state index in [0.717, 1.165) is 11.1 Å². The summed E-state index contributed by atoms with van der Waals surface area (Å²) in [5.74, 6) is -0.0212. The number of aliphatic imine (C=N–C) groups is 1. The maximum Gasteiger partial charge on any atom is 0.267 e. The highest BCUT2D eigenvalue weighted by molar-refractivity contribution is 6.00. The summed E-state index contributed by atoms with van der Waals surface area (Å²) in [6, 6.07) is 3.00. The summed E-state index contributed by atoms with van der Waals surface area (Å²) in [4.78, 5) is 16.2. The highest BCUT2D eigenvalue weighted by Gasteiger charge is 2.28. The van der Waals surface area contributed by atoms with Gasteiger partial charge in [0.15, 0.2) is 0 Å². The minimum absolute atomic E-state index is 0.148. The van der Waals surface area contributed by atoms with Gasteiger partial charge in [0, 0.05) is 23.9 Å². The first-order chi connectivity index (χ1) is 10.4. The molecule has 0 radical (unpaired) electrons. The molecule has 1 aliphatic heterocycles. The fourth-order valence-corrected chi connectivity index (χ4v) is 2.50. The number of nitrogens with zero attached hydrogens (tertiary/aromatic N) is 1. The zero-order chi connectivity index (χ0) is 16.4. The molecule has 1 aliphatic rings. The molecule has 22 heavy (non-hydrogen) atoms. The number of benzene rings is 1. The largest absolute Gasteiger partial charge is 0.398 e. The Balaban J connectivity index is 2.71. The maximum absolute atomic E-state index is 11.6. The molecule has 7 heteroatoms. The van der Waals surface area contributed by atoms with Gasteiger partial charge in [0.05, 0.1) is 5.70 Å². The molecule has 1 aromatic carbocycles. The lowest BCUT2D eigenvalue weighted by atomic mass is 9.91. The first kappa shape index (κ1) is 15.6. The molecule has 0 spiro atoms. The van der Waals surface area contributed by atoms with E-state index in [4.69, 9.17) is 22.6 Å². The van der Waals surface area contributed by atoms with Gasteiger partial charge >= 0.3 is 0 Å². The van der Waals surface area contributed by atoms with Gasteiger partial charge in [-0.15, -0.1) is 0 Å². The Morgan fingerprint density at radius 3 is 2.68 bits per heavy atom. The number of amidine groups is 1. The van der Waals surface area contributed by atoms with Crippen molar-refractivity contribution in [1.82, 2.24) is 5.32 Å². The predicted molar refractivity (Wildman–Crippen MR) is 87.5 cm³/mol. The number of carbonyl (C=O) groups is 1. The van der Waals surface area contributed by atoms with Crippen LogP contribution < -0.4 is 22.5 Å². The molecule has 1 amide bonds. The Labute approximate surface area is 128 Å². The zero-order valence-electron chi connectivity index (χ0n) is 12.6. The molecule has 2 rings (SSSR count). The van der Waals surface area contributed by atoms with Crippen LogP contribution in [0.4, 0.5) is 5.69 Å². The second-order valence-corrected chi connectivity index (χ2v) is 5.09. The number of nitrogens with one attached hydrogen (secondary N) is 2. The fourth-order valence-electron chi connectivity index (χ4n) is 2.50.